The van der Waals surface area contributed by atoms with Gasteiger partial charge in [0.2, 0.25) is 0 Å². The highest BCUT2D eigenvalue weighted by molar-refractivity contribution is 5.47. The molecule has 2 aromatic rings. The molecule has 0 unspecified atom stereocenters. The molecule has 3 rings (SSSR count). The van der Waals surface area contributed by atoms with Crippen molar-refractivity contribution in [3.05, 3.63) is 60.2 Å². The molecule has 21 heavy (non-hydrogen) atoms. The van der Waals surface area contributed by atoms with Crippen LogP contribution < -0.4 is 10.6 Å². The van der Waals surface area contributed by atoms with Gasteiger partial charge in [0.05, 0.1) is 0 Å². The van der Waals surface area contributed by atoms with Crippen molar-refractivity contribution < 1.29 is 5.11 Å². The molecule has 3 N–H and O–H groups in total. The third-order valence-electron chi connectivity index (χ3n) is 4.69. The first kappa shape index (κ1) is 14.0. The van der Waals surface area contributed by atoms with Crippen molar-refractivity contribution >= 4 is 5.69 Å². The number of phenols is 1. The van der Waals surface area contributed by atoms with Gasteiger partial charge in [0, 0.05) is 30.7 Å². The molecule has 0 amide bonds. The molecule has 110 valence electrons. The van der Waals surface area contributed by atoms with E-state index in [1.807, 2.05) is 18.2 Å². The molecule has 2 aromatic carbocycles. The molecule has 0 saturated carbocycles. The summed E-state index contributed by atoms with van der Waals surface area (Å²) in [7, 11) is 0. The zero-order chi connectivity index (χ0) is 14.7. The first-order valence-corrected chi connectivity index (χ1v) is 7.53. The number of anilines is 1. The van der Waals surface area contributed by atoms with Crippen molar-refractivity contribution in [3.8, 4) is 5.75 Å². The minimum atomic E-state index is -0.00990. The highest BCUT2D eigenvalue weighted by Gasteiger charge is 2.35. The summed E-state index contributed by atoms with van der Waals surface area (Å²) in [6, 6.07) is 18.1. The topological polar surface area (TPSA) is 49.5 Å². The monoisotopic (exact) mass is 282 g/mol. The third kappa shape index (κ3) is 2.74. The van der Waals surface area contributed by atoms with Crippen LogP contribution in [0.5, 0.6) is 5.75 Å². The normalized spacial score (nSPS) is 17.7. The fourth-order valence-electron chi connectivity index (χ4n) is 3.28. The number of rotatable bonds is 3. The minimum absolute atomic E-state index is 0.00990. The van der Waals surface area contributed by atoms with Gasteiger partial charge in [-0.3, -0.25) is 0 Å². The molecule has 0 radical (unpaired) electrons. The van der Waals surface area contributed by atoms with Gasteiger partial charge >= 0.3 is 0 Å². The maximum Gasteiger partial charge on any atom is 0.115 e. The summed E-state index contributed by atoms with van der Waals surface area (Å²) in [6.45, 7) is 2.62. The number of hydrogen-bond donors (Lipinski definition) is 2. The molecule has 3 nitrogen and oxygen atoms in total. The molecular formula is C18H22N2O. The molecule has 0 aromatic heterocycles. The van der Waals surface area contributed by atoms with Crippen molar-refractivity contribution in [2.24, 2.45) is 5.73 Å². The second-order valence-electron chi connectivity index (χ2n) is 5.86. The molecule has 0 aliphatic carbocycles. The lowest BCUT2D eigenvalue weighted by molar-refractivity contribution is 0.338. The Labute approximate surface area is 126 Å². The molecule has 0 atom stereocenters. The van der Waals surface area contributed by atoms with Crippen LogP contribution in [0.1, 0.15) is 18.4 Å². The summed E-state index contributed by atoms with van der Waals surface area (Å²) < 4.78 is 0. The van der Waals surface area contributed by atoms with E-state index in [-0.39, 0.29) is 5.41 Å². The Balaban J connectivity index is 1.79. The first-order chi connectivity index (χ1) is 10.2. The number of piperidine rings is 1. The van der Waals surface area contributed by atoms with E-state index in [0.29, 0.717) is 12.3 Å². The van der Waals surface area contributed by atoms with Crippen LogP contribution in [0.2, 0.25) is 0 Å². The van der Waals surface area contributed by atoms with E-state index in [2.05, 4.69) is 35.2 Å². The summed E-state index contributed by atoms with van der Waals surface area (Å²) in [5.74, 6) is 0.325. The van der Waals surface area contributed by atoms with Gasteiger partial charge < -0.3 is 15.7 Å². The zero-order valence-corrected chi connectivity index (χ0v) is 12.2. The van der Waals surface area contributed by atoms with Gasteiger partial charge in [0.15, 0.2) is 0 Å². The second-order valence-corrected chi connectivity index (χ2v) is 5.86. The molecule has 3 heteroatoms. The molecular weight excluding hydrogens is 260 g/mol. The largest absolute Gasteiger partial charge is 0.508 e. The standard InChI is InChI=1S/C18H22N2O/c19-14-18(15-5-4-8-17(21)13-15)9-11-20(12-10-18)16-6-2-1-3-7-16/h1-8,13,21H,9-12,14,19H2. The van der Waals surface area contributed by atoms with Crippen molar-refractivity contribution in [1.82, 2.24) is 0 Å². The van der Waals surface area contributed by atoms with Crippen LogP contribution in [0.3, 0.4) is 0 Å². The molecule has 1 aliphatic rings. The average Bonchev–Trinajstić information content (AvgIpc) is 2.56. The molecule has 1 saturated heterocycles. The summed E-state index contributed by atoms with van der Waals surface area (Å²) in [4.78, 5) is 2.41. The van der Waals surface area contributed by atoms with Crippen molar-refractivity contribution in [2.45, 2.75) is 18.3 Å². The predicted octanol–water partition coefficient (Wildman–Crippen LogP) is 2.89. The van der Waals surface area contributed by atoms with E-state index < -0.39 is 0 Å². The smallest absolute Gasteiger partial charge is 0.115 e. The third-order valence-corrected chi connectivity index (χ3v) is 4.69. The highest BCUT2D eigenvalue weighted by Crippen LogP contribution is 2.37. The summed E-state index contributed by atoms with van der Waals surface area (Å²) in [5, 5.41) is 9.73. The van der Waals surface area contributed by atoms with Crippen LogP contribution in [0, 0.1) is 0 Å². The fourth-order valence-corrected chi connectivity index (χ4v) is 3.28. The number of nitrogens with two attached hydrogens (primary N) is 1. The predicted molar refractivity (Wildman–Crippen MR) is 86.7 cm³/mol. The Bertz CT molecular complexity index is 589. The summed E-state index contributed by atoms with van der Waals surface area (Å²) in [6.07, 6.45) is 2.03. The Kier molecular flexibility index (Phi) is 3.84. The van der Waals surface area contributed by atoms with E-state index in [0.717, 1.165) is 31.5 Å². The Hall–Kier alpha value is -2.00. The van der Waals surface area contributed by atoms with Gasteiger partial charge in [0.1, 0.15) is 5.75 Å². The van der Waals surface area contributed by atoms with Crippen LogP contribution in [-0.2, 0) is 5.41 Å². The zero-order valence-electron chi connectivity index (χ0n) is 12.2. The SMILES string of the molecule is NCC1(c2cccc(O)c2)CCN(c2ccccc2)CC1. The lowest BCUT2D eigenvalue weighted by atomic mass is 9.72. The lowest BCUT2D eigenvalue weighted by Gasteiger charge is -2.42. The number of phenolic OH excluding ortho intramolecular Hbond substituents is 1. The minimum Gasteiger partial charge on any atom is -0.508 e. The van der Waals surface area contributed by atoms with E-state index >= 15 is 0 Å². The van der Waals surface area contributed by atoms with Gasteiger partial charge in [-0.25, -0.2) is 0 Å². The maximum absolute atomic E-state index is 9.73. The van der Waals surface area contributed by atoms with Crippen LogP contribution in [-0.4, -0.2) is 24.7 Å². The Morgan fingerprint density at radius 2 is 1.71 bits per heavy atom. The van der Waals surface area contributed by atoms with Gasteiger partial charge in [-0.2, -0.15) is 0 Å². The maximum atomic E-state index is 9.73. The van der Waals surface area contributed by atoms with Crippen molar-refractivity contribution in [3.63, 3.8) is 0 Å². The molecule has 1 heterocycles. The summed E-state index contributed by atoms with van der Waals surface area (Å²) >= 11 is 0. The number of hydrogen-bond acceptors (Lipinski definition) is 3. The van der Waals surface area contributed by atoms with Gasteiger partial charge in [0.25, 0.3) is 0 Å². The average molecular weight is 282 g/mol. The Morgan fingerprint density at radius 1 is 1.00 bits per heavy atom. The van der Waals surface area contributed by atoms with E-state index in [9.17, 15) is 5.11 Å². The fraction of sp³-hybridized carbons (Fsp3) is 0.333. The number of aromatic hydroxyl groups is 1. The lowest BCUT2D eigenvalue weighted by Crippen LogP contribution is -2.46. The molecule has 1 fully saturated rings. The van der Waals surface area contributed by atoms with Crippen LogP contribution in [0.4, 0.5) is 5.69 Å². The highest BCUT2D eigenvalue weighted by atomic mass is 16.3. The number of para-hydroxylation sites is 1. The van der Waals surface area contributed by atoms with Crippen molar-refractivity contribution in [1.29, 1.82) is 0 Å². The van der Waals surface area contributed by atoms with E-state index in [1.165, 1.54) is 5.69 Å². The van der Waals surface area contributed by atoms with Crippen LogP contribution in [0.15, 0.2) is 54.6 Å². The van der Waals surface area contributed by atoms with E-state index in [1.54, 1.807) is 6.07 Å². The van der Waals surface area contributed by atoms with Crippen LogP contribution in [0.25, 0.3) is 0 Å². The quantitative estimate of drug-likeness (QED) is 0.910. The molecule has 1 aliphatic heterocycles. The summed E-state index contributed by atoms with van der Waals surface area (Å²) in [5.41, 5.74) is 8.54. The molecule has 0 bridgehead atoms. The second kappa shape index (κ2) is 5.78. The van der Waals surface area contributed by atoms with Gasteiger partial charge in [-0.1, -0.05) is 30.3 Å². The van der Waals surface area contributed by atoms with Crippen LogP contribution >= 0.6 is 0 Å². The number of benzene rings is 2. The van der Waals surface area contributed by atoms with Gasteiger partial charge in [-0.05, 0) is 42.7 Å². The van der Waals surface area contributed by atoms with Crippen molar-refractivity contribution in [2.75, 3.05) is 24.5 Å². The number of nitrogens with zero attached hydrogens (tertiary/aromatic N) is 1. The molecule has 0 spiro atoms. The Morgan fingerprint density at radius 3 is 2.33 bits per heavy atom. The van der Waals surface area contributed by atoms with E-state index in [4.69, 9.17) is 5.73 Å². The first-order valence-electron chi connectivity index (χ1n) is 7.53. The van der Waals surface area contributed by atoms with Gasteiger partial charge in [-0.15, -0.1) is 0 Å².